The summed E-state index contributed by atoms with van der Waals surface area (Å²) >= 11 is 5.95. The molecule has 0 bridgehead atoms. The summed E-state index contributed by atoms with van der Waals surface area (Å²) in [5.41, 5.74) is 6.73. The molecule has 2 N–H and O–H groups in total. The number of nitrogen functional groups attached to an aromatic ring is 1. The van der Waals surface area contributed by atoms with Gasteiger partial charge in [-0.1, -0.05) is 16.8 Å². The minimum Gasteiger partial charge on any atom is -0.384 e. The van der Waals surface area contributed by atoms with Crippen molar-refractivity contribution in [3.8, 4) is 22.8 Å². The van der Waals surface area contributed by atoms with Crippen molar-refractivity contribution in [2.75, 3.05) is 5.73 Å². The lowest BCUT2D eigenvalue weighted by Crippen LogP contribution is -1.89. The fourth-order valence-electron chi connectivity index (χ4n) is 1.70. The van der Waals surface area contributed by atoms with Gasteiger partial charge in [-0.2, -0.15) is 4.98 Å². The number of benzene rings is 1. The molecule has 1 aromatic carbocycles. The van der Waals surface area contributed by atoms with E-state index in [1.54, 1.807) is 18.3 Å². The molecule has 3 rings (SSSR count). The van der Waals surface area contributed by atoms with E-state index in [1.807, 2.05) is 0 Å². The van der Waals surface area contributed by atoms with Gasteiger partial charge in [0.1, 0.15) is 11.6 Å². The monoisotopic (exact) mass is 290 g/mol. The van der Waals surface area contributed by atoms with E-state index in [4.69, 9.17) is 21.9 Å². The Balaban J connectivity index is 2.02. The molecule has 0 saturated carbocycles. The Morgan fingerprint density at radius 1 is 1.20 bits per heavy atom. The van der Waals surface area contributed by atoms with Crippen molar-refractivity contribution in [1.82, 2.24) is 15.1 Å². The van der Waals surface area contributed by atoms with Crippen LogP contribution in [0.2, 0.25) is 5.02 Å². The zero-order chi connectivity index (χ0) is 14.1. The molecule has 0 fully saturated rings. The van der Waals surface area contributed by atoms with E-state index in [-0.39, 0.29) is 16.7 Å². The number of pyridine rings is 1. The predicted octanol–water partition coefficient (Wildman–Crippen LogP) is 3.17. The highest BCUT2D eigenvalue weighted by Crippen LogP contribution is 2.28. The number of aromatic nitrogens is 3. The highest BCUT2D eigenvalue weighted by molar-refractivity contribution is 6.33. The normalized spacial score (nSPS) is 10.7. The number of rotatable bonds is 2. The standard InChI is InChI=1S/C13H8ClFN4O/c14-10-6-8(15)1-2-9(10)12-18-13(20-19-12)7-3-4-17-11(16)5-7/h1-6H,(H2,16,17). The van der Waals surface area contributed by atoms with Crippen LogP contribution in [-0.4, -0.2) is 15.1 Å². The van der Waals surface area contributed by atoms with Gasteiger partial charge >= 0.3 is 0 Å². The van der Waals surface area contributed by atoms with Crippen molar-refractivity contribution in [3.05, 3.63) is 47.4 Å². The van der Waals surface area contributed by atoms with Crippen molar-refractivity contribution < 1.29 is 8.91 Å². The van der Waals surface area contributed by atoms with Crippen molar-refractivity contribution >= 4 is 17.4 Å². The lowest BCUT2D eigenvalue weighted by molar-refractivity contribution is 0.432. The maximum atomic E-state index is 13.0. The van der Waals surface area contributed by atoms with Crippen LogP contribution in [0.5, 0.6) is 0 Å². The largest absolute Gasteiger partial charge is 0.384 e. The van der Waals surface area contributed by atoms with Crippen LogP contribution in [0.1, 0.15) is 0 Å². The van der Waals surface area contributed by atoms with E-state index in [9.17, 15) is 4.39 Å². The third-order valence-corrected chi connectivity index (χ3v) is 2.94. The lowest BCUT2D eigenvalue weighted by Gasteiger charge is -1.98. The summed E-state index contributed by atoms with van der Waals surface area (Å²) in [6.45, 7) is 0. The maximum absolute atomic E-state index is 13.0. The Labute approximate surface area is 118 Å². The highest BCUT2D eigenvalue weighted by Gasteiger charge is 2.14. The second-order valence-corrected chi connectivity index (χ2v) is 4.42. The summed E-state index contributed by atoms with van der Waals surface area (Å²) in [7, 11) is 0. The van der Waals surface area contributed by atoms with E-state index in [1.165, 1.54) is 18.2 Å². The van der Waals surface area contributed by atoms with Gasteiger partial charge in [-0.25, -0.2) is 9.37 Å². The lowest BCUT2D eigenvalue weighted by atomic mass is 10.2. The number of nitrogens with two attached hydrogens (primary N) is 1. The molecule has 0 saturated heterocycles. The summed E-state index contributed by atoms with van der Waals surface area (Å²) in [6.07, 6.45) is 1.54. The molecular weight excluding hydrogens is 283 g/mol. The van der Waals surface area contributed by atoms with Gasteiger partial charge in [-0.3, -0.25) is 0 Å². The van der Waals surface area contributed by atoms with Crippen LogP contribution in [0.25, 0.3) is 22.8 Å². The van der Waals surface area contributed by atoms with Gasteiger partial charge < -0.3 is 10.3 Å². The average molecular weight is 291 g/mol. The first kappa shape index (κ1) is 12.6. The van der Waals surface area contributed by atoms with Gasteiger partial charge in [0, 0.05) is 17.3 Å². The van der Waals surface area contributed by atoms with E-state index in [0.717, 1.165) is 0 Å². The summed E-state index contributed by atoms with van der Waals surface area (Å²) in [5, 5.41) is 4.04. The van der Waals surface area contributed by atoms with Crippen LogP contribution in [0.4, 0.5) is 10.2 Å². The minimum atomic E-state index is -0.427. The van der Waals surface area contributed by atoms with Crippen molar-refractivity contribution in [1.29, 1.82) is 0 Å². The molecule has 3 aromatic rings. The molecule has 0 atom stereocenters. The van der Waals surface area contributed by atoms with E-state index >= 15 is 0 Å². The van der Waals surface area contributed by atoms with Gasteiger partial charge in [0.2, 0.25) is 5.82 Å². The summed E-state index contributed by atoms with van der Waals surface area (Å²) in [5.74, 6) is 0.487. The first-order chi connectivity index (χ1) is 9.63. The third kappa shape index (κ3) is 2.33. The topological polar surface area (TPSA) is 77.8 Å². The van der Waals surface area contributed by atoms with Gasteiger partial charge in [-0.05, 0) is 30.3 Å². The van der Waals surface area contributed by atoms with Gasteiger partial charge in [0.05, 0.1) is 5.02 Å². The zero-order valence-corrected chi connectivity index (χ0v) is 10.8. The molecule has 0 spiro atoms. The second kappa shape index (κ2) is 4.90. The molecular formula is C13H8ClFN4O. The highest BCUT2D eigenvalue weighted by atomic mass is 35.5. The first-order valence-corrected chi connectivity index (χ1v) is 6.02. The number of anilines is 1. The van der Waals surface area contributed by atoms with E-state index in [2.05, 4.69) is 15.1 Å². The van der Waals surface area contributed by atoms with Gasteiger partial charge in [-0.15, -0.1) is 0 Å². The average Bonchev–Trinajstić information content (AvgIpc) is 2.88. The fraction of sp³-hybridized carbons (Fsp3) is 0. The molecule has 0 aliphatic rings. The van der Waals surface area contributed by atoms with Crippen LogP contribution in [0.15, 0.2) is 41.1 Å². The molecule has 0 aliphatic heterocycles. The first-order valence-electron chi connectivity index (χ1n) is 5.64. The Kier molecular flexibility index (Phi) is 3.08. The van der Waals surface area contributed by atoms with Gasteiger partial charge in [0.15, 0.2) is 0 Å². The molecule has 5 nitrogen and oxygen atoms in total. The molecule has 0 amide bonds. The number of nitrogens with zero attached hydrogens (tertiary/aromatic N) is 3. The summed E-state index contributed by atoms with van der Waals surface area (Å²) < 4.78 is 18.2. The molecule has 20 heavy (non-hydrogen) atoms. The maximum Gasteiger partial charge on any atom is 0.258 e. The Morgan fingerprint density at radius 3 is 2.80 bits per heavy atom. The fourth-order valence-corrected chi connectivity index (χ4v) is 1.95. The van der Waals surface area contributed by atoms with Crippen LogP contribution in [0.3, 0.4) is 0 Å². The molecule has 7 heteroatoms. The summed E-state index contributed by atoms with van der Waals surface area (Å²) in [6, 6.07) is 7.27. The van der Waals surface area contributed by atoms with Crippen LogP contribution in [0, 0.1) is 5.82 Å². The van der Waals surface area contributed by atoms with Crippen LogP contribution >= 0.6 is 11.6 Å². The van der Waals surface area contributed by atoms with Crippen LogP contribution < -0.4 is 5.73 Å². The number of halogens is 2. The smallest absolute Gasteiger partial charge is 0.258 e. The quantitative estimate of drug-likeness (QED) is 0.784. The van der Waals surface area contributed by atoms with E-state index < -0.39 is 5.82 Å². The minimum absolute atomic E-state index is 0.214. The predicted molar refractivity (Wildman–Crippen MR) is 72.3 cm³/mol. The van der Waals surface area contributed by atoms with Gasteiger partial charge in [0.25, 0.3) is 5.89 Å². The molecule has 2 heterocycles. The second-order valence-electron chi connectivity index (χ2n) is 4.02. The van der Waals surface area contributed by atoms with Crippen molar-refractivity contribution in [2.24, 2.45) is 0 Å². The van der Waals surface area contributed by atoms with Crippen molar-refractivity contribution in [2.45, 2.75) is 0 Å². The Morgan fingerprint density at radius 2 is 2.05 bits per heavy atom. The Hall–Kier alpha value is -2.47. The SMILES string of the molecule is Nc1cc(-c2nc(-c3ccc(F)cc3Cl)no2)ccn1. The Bertz CT molecular complexity index is 775. The molecule has 0 unspecified atom stereocenters. The molecule has 2 aromatic heterocycles. The van der Waals surface area contributed by atoms with Crippen molar-refractivity contribution in [3.63, 3.8) is 0 Å². The third-order valence-electron chi connectivity index (χ3n) is 2.63. The number of hydrogen-bond donors (Lipinski definition) is 1. The zero-order valence-electron chi connectivity index (χ0n) is 10.0. The van der Waals surface area contributed by atoms with Crippen LogP contribution in [-0.2, 0) is 0 Å². The molecule has 0 aliphatic carbocycles. The summed E-state index contributed by atoms with van der Waals surface area (Å²) in [4.78, 5) is 8.09. The molecule has 100 valence electrons. The molecule has 0 radical (unpaired) electrons. The number of hydrogen-bond acceptors (Lipinski definition) is 5. The van der Waals surface area contributed by atoms with E-state index in [0.29, 0.717) is 16.9 Å².